The molecule has 3 rings (SSSR count). The second kappa shape index (κ2) is 6.90. The summed E-state index contributed by atoms with van der Waals surface area (Å²) in [6.07, 6.45) is 0.877. The third-order valence-electron chi connectivity index (χ3n) is 4.07. The minimum Gasteiger partial charge on any atom is -0.350 e. The molecule has 6 heteroatoms. The van der Waals surface area contributed by atoms with Crippen LogP contribution < -0.4 is 10.2 Å². The molecule has 2 amide bonds. The van der Waals surface area contributed by atoms with Crippen LogP contribution in [0.25, 0.3) is 0 Å². The van der Waals surface area contributed by atoms with Crippen LogP contribution in [-0.2, 0) is 16.0 Å². The van der Waals surface area contributed by atoms with Crippen LogP contribution in [0.3, 0.4) is 0 Å². The summed E-state index contributed by atoms with van der Waals surface area (Å²) in [5, 5.41) is 3.34. The highest BCUT2D eigenvalue weighted by molar-refractivity contribution is 6.53. The molecule has 0 atom stereocenters. The van der Waals surface area contributed by atoms with Crippen molar-refractivity contribution in [2.45, 2.75) is 20.3 Å². The Hall–Kier alpha value is -2.30. The number of carbonyl (C=O) groups is 2. The summed E-state index contributed by atoms with van der Waals surface area (Å²) in [7, 11) is 0. The summed E-state index contributed by atoms with van der Waals surface area (Å²) < 4.78 is 0. The number of halogens is 2. The fourth-order valence-electron chi connectivity index (χ4n) is 2.54. The van der Waals surface area contributed by atoms with E-state index in [1.165, 1.54) is 0 Å². The standard InChI is InChI=1S/C19H16Cl2N2O2/c1-3-12-5-8-14(9-6-12)23-18(24)16(21)17(19(23)25)22-13-7-4-11(2)15(20)10-13/h4-10,22H,3H2,1-2H3. The zero-order valence-electron chi connectivity index (χ0n) is 13.8. The molecule has 25 heavy (non-hydrogen) atoms. The van der Waals surface area contributed by atoms with Crippen molar-refractivity contribution in [3.05, 3.63) is 69.3 Å². The average molecular weight is 375 g/mol. The lowest BCUT2D eigenvalue weighted by Crippen LogP contribution is -2.32. The smallest absolute Gasteiger partial charge is 0.283 e. The second-order valence-electron chi connectivity index (χ2n) is 5.74. The van der Waals surface area contributed by atoms with E-state index in [2.05, 4.69) is 5.32 Å². The van der Waals surface area contributed by atoms with Crippen molar-refractivity contribution in [2.24, 2.45) is 0 Å². The van der Waals surface area contributed by atoms with Crippen LogP contribution in [0.15, 0.2) is 53.2 Å². The Morgan fingerprint density at radius 1 is 1.00 bits per heavy atom. The molecule has 1 aliphatic heterocycles. The van der Waals surface area contributed by atoms with Gasteiger partial charge in [-0.3, -0.25) is 9.59 Å². The largest absolute Gasteiger partial charge is 0.350 e. The molecule has 1 aliphatic rings. The molecule has 0 fully saturated rings. The highest BCUT2D eigenvalue weighted by Gasteiger charge is 2.38. The van der Waals surface area contributed by atoms with Gasteiger partial charge in [0.1, 0.15) is 10.7 Å². The van der Waals surface area contributed by atoms with Gasteiger partial charge in [-0.2, -0.15) is 0 Å². The Morgan fingerprint density at radius 3 is 2.28 bits per heavy atom. The van der Waals surface area contributed by atoms with Gasteiger partial charge in [0, 0.05) is 10.7 Å². The number of nitrogens with one attached hydrogen (secondary N) is 1. The molecule has 1 heterocycles. The topological polar surface area (TPSA) is 49.4 Å². The van der Waals surface area contributed by atoms with Gasteiger partial charge in [0.2, 0.25) is 0 Å². The molecule has 0 unspecified atom stereocenters. The zero-order chi connectivity index (χ0) is 18.1. The zero-order valence-corrected chi connectivity index (χ0v) is 15.3. The molecule has 1 N–H and O–H groups in total. The molecule has 0 saturated carbocycles. The van der Waals surface area contributed by atoms with Gasteiger partial charge in [0.15, 0.2) is 0 Å². The lowest BCUT2D eigenvalue weighted by Gasteiger charge is -2.15. The molecule has 2 aromatic rings. The van der Waals surface area contributed by atoms with Crippen LogP contribution in [0.2, 0.25) is 5.02 Å². The van der Waals surface area contributed by atoms with Gasteiger partial charge in [-0.1, -0.05) is 48.3 Å². The summed E-state index contributed by atoms with van der Waals surface area (Å²) in [4.78, 5) is 26.2. The summed E-state index contributed by atoms with van der Waals surface area (Å²) in [6, 6.07) is 12.5. The van der Waals surface area contributed by atoms with Crippen molar-refractivity contribution < 1.29 is 9.59 Å². The third kappa shape index (κ3) is 3.28. The molecule has 0 radical (unpaired) electrons. The molecule has 0 aliphatic carbocycles. The molecule has 0 bridgehead atoms. The van der Waals surface area contributed by atoms with Crippen molar-refractivity contribution in [2.75, 3.05) is 10.2 Å². The van der Waals surface area contributed by atoms with E-state index in [9.17, 15) is 9.59 Å². The van der Waals surface area contributed by atoms with Crippen LogP contribution >= 0.6 is 23.2 Å². The van der Waals surface area contributed by atoms with Crippen LogP contribution in [0, 0.1) is 6.92 Å². The first-order chi connectivity index (χ1) is 11.9. The van der Waals surface area contributed by atoms with Gasteiger partial charge >= 0.3 is 0 Å². The van der Waals surface area contributed by atoms with Gasteiger partial charge in [-0.15, -0.1) is 0 Å². The van der Waals surface area contributed by atoms with Crippen LogP contribution in [0.4, 0.5) is 11.4 Å². The van der Waals surface area contributed by atoms with Crippen molar-refractivity contribution in [1.29, 1.82) is 0 Å². The van der Waals surface area contributed by atoms with Gasteiger partial charge in [0.05, 0.1) is 5.69 Å². The molecule has 0 aromatic heterocycles. The molecule has 2 aromatic carbocycles. The first-order valence-electron chi connectivity index (χ1n) is 7.83. The molecule has 0 spiro atoms. The number of aryl methyl sites for hydroxylation is 2. The minimum atomic E-state index is -0.545. The van der Waals surface area contributed by atoms with Crippen molar-refractivity contribution in [1.82, 2.24) is 0 Å². The summed E-state index contributed by atoms with van der Waals surface area (Å²) in [5.41, 5.74) is 3.16. The van der Waals surface area contributed by atoms with Gasteiger partial charge in [-0.25, -0.2) is 4.90 Å². The van der Waals surface area contributed by atoms with Crippen molar-refractivity contribution in [3.8, 4) is 0 Å². The minimum absolute atomic E-state index is 0.0474. The number of amides is 2. The third-order valence-corrected chi connectivity index (χ3v) is 4.83. The highest BCUT2D eigenvalue weighted by Crippen LogP contribution is 2.31. The maximum absolute atomic E-state index is 12.7. The van der Waals surface area contributed by atoms with E-state index in [-0.39, 0.29) is 10.7 Å². The Kier molecular flexibility index (Phi) is 4.84. The van der Waals surface area contributed by atoms with Gasteiger partial charge in [-0.05, 0) is 48.7 Å². The molecule has 0 saturated heterocycles. The second-order valence-corrected chi connectivity index (χ2v) is 6.53. The fourth-order valence-corrected chi connectivity index (χ4v) is 2.93. The Bertz CT molecular complexity index is 889. The number of imide groups is 1. The normalized spacial score (nSPS) is 14.5. The summed E-state index contributed by atoms with van der Waals surface area (Å²) in [6.45, 7) is 3.92. The average Bonchev–Trinajstić information content (AvgIpc) is 2.82. The monoisotopic (exact) mass is 374 g/mol. The molecular weight excluding hydrogens is 359 g/mol. The molecular formula is C19H16Cl2N2O2. The number of benzene rings is 2. The van der Waals surface area contributed by atoms with Crippen LogP contribution in [0.5, 0.6) is 0 Å². The van der Waals surface area contributed by atoms with Gasteiger partial charge in [0.25, 0.3) is 11.8 Å². The molecule has 128 valence electrons. The van der Waals surface area contributed by atoms with Crippen LogP contribution in [-0.4, -0.2) is 11.8 Å². The number of nitrogens with zero attached hydrogens (tertiary/aromatic N) is 1. The Morgan fingerprint density at radius 2 is 1.68 bits per heavy atom. The quantitative estimate of drug-likeness (QED) is 0.792. The first-order valence-corrected chi connectivity index (χ1v) is 8.58. The maximum Gasteiger partial charge on any atom is 0.283 e. The van der Waals surface area contributed by atoms with E-state index in [1.807, 2.05) is 32.0 Å². The van der Waals surface area contributed by atoms with Gasteiger partial charge < -0.3 is 5.32 Å². The number of carbonyl (C=O) groups excluding carboxylic acids is 2. The SMILES string of the molecule is CCc1ccc(N2C(=O)C(Cl)=C(Nc3ccc(C)c(Cl)c3)C2=O)cc1. The fraction of sp³-hybridized carbons (Fsp3) is 0.158. The lowest BCUT2D eigenvalue weighted by molar-refractivity contribution is -0.120. The predicted octanol–water partition coefficient (Wildman–Crippen LogP) is 4.65. The Balaban J connectivity index is 1.89. The highest BCUT2D eigenvalue weighted by atomic mass is 35.5. The number of rotatable bonds is 4. The Labute approximate surface area is 156 Å². The van der Waals surface area contributed by atoms with E-state index in [4.69, 9.17) is 23.2 Å². The van der Waals surface area contributed by atoms with E-state index < -0.39 is 11.8 Å². The summed E-state index contributed by atoms with van der Waals surface area (Å²) in [5.74, 6) is -1.03. The van der Waals surface area contributed by atoms with E-state index >= 15 is 0 Å². The summed E-state index contributed by atoms with van der Waals surface area (Å²) >= 11 is 12.2. The van der Waals surface area contributed by atoms with E-state index in [0.717, 1.165) is 22.4 Å². The lowest BCUT2D eigenvalue weighted by atomic mass is 10.1. The van der Waals surface area contributed by atoms with Crippen molar-refractivity contribution in [3.63, 3.8) is 0 Å². The van der Waals surface area contributed by atoms with Crippen molar-refractivity contribution >= 4 is 46.4 Å². The number of hydrogen-bond acceptors (Lipinski definition) is 3. The predicted molar refractivity (Wildman–Crippen MR) is 101 cm³/mol. The first kappa shape index (κ1) is 17.5. The molecule has 4 nitrogen and oxygen atoms in total. The maximum atomic E-state index is 12.7. The van der Waals surface area contributed by atoms with Crippen LogP contribution in [0.1, 0.15) is 18.1 Å². The van der Waals surface area contributed by atoms with E-state index in [0.29, 0.717) is 16.4 Å². The number of hydrogen-bond donors (Lipinski definition) is 1. The number of anilines is 2. The van der Waals surface area contributed by atoms with E-state index in [1.54, 1.807) is 24.3 Å².